The molecule has 3 heterocycles. The summed E-state index contributed by atoms with van der Waals surface area (Å²) in [5, 5.41) is 8.86. The van der Waals surface area contributed by atoms with Crippen molar-refractivity contribution in [3.63, 3.8) is 0 Å². The number of aromatic nitrogens is 4. The van der Waals surface area contributed by atoms with Crippen LogP contribution >= 0.6 is 22.9 Å². The van der Waals surface area contributed by atoms with Gasteiger partial charge in [0.2, 0.25) is 5.91 Å². The summed E-state index contributed by atoms with van der Waals surface area (Å²) in [6.07, 6.45) is 5.19. The number of halogens is 1. The van der Waals surface area contributed by atoms with Gasteiger partial charge in [-0.15, -0.1) is 11.3 Å². The highest BCUT2D eigenvalue weighted by Crippen LogP contribution is 2.33. The van der Waals surface area contributed by atoms with Gasteiger partial charge >= 0.3 is 0 Å². The fraction of sp³-hybridized carbons (Fsp3) is 0.273. The van der Waals surface area contributed by atoms with Crippen LogP contribution in [0.3, 0.4) is 0 Å². The molecule has 1 atom stereocenters. The molecule has 1 fully saturated rings. The van der Waals surface area contributed by atoms with E-state index in [2.05, 4.69) is 32.4 Å². The van der Waals surface area contributed by atoms with E-state index in [0.29, 0.717) is 23.2 Å². The number of anilines is 1. The molecule has 5 rings (SSSR count). The lowest BCUT2D eigenvalue weighted by Crippen LogP contribution is -2.39. The first-order valence-electron chi connectivity index (χ1n) is 10.2. The average molecular weight is 453 g/mol. The number of hydrogen-bond donors (Lipinski definition) is 1. The Hall–Kier alpha value is -2.81. The molecule has 1 unspecified atom stereocenters. The molecule has 1 aliphatic rings. The minimum Gasteiger partial charge on any atom is -0.323 e. The number of carbonyl (C=O) groups is 1. The molecule has 0 saturated carbocycles. The maximum atomic E-state index is 12.8. The van der Waals surface area contributed by atoms with Gasteiger partial charge in [0.1, 0.15) is 12.7 Å². The number of para-hydroxylation sites is 1. The Morgan fingerprint density at radius 1 is 1.26 bits per heavy atom. The molecule has 0 spiro atoms. The quantitative estimate of drug-likeness (QED) is 0.487. The van der Waals surface area contributed by atoms with E-state index in [-0.39, 0.29) is 5.91 Å². The number of benzene rings is 2. The number of thiazole rings is 1. The van der Waals surface area contributed by atoms with Crippen LogP contribution in [0.2, 0.25) is 5.02 Å². The van der Waals surface area contributed by atoms with Crippen LogP contribution in [0.25, 0.3) is 15.9 Å². The molecule has 158 valence electrons. The Balaban J connectivity index is 1.27. The molecule has 1 saturated heterocycles. The topological polar surface area (TPSA) is 75.9 Å². The van der Waals surface area contributed by atoms with Gasteiger partial charge in [-0.1, -0.05) is 23.7 Å². The van der Waals surface area contributed by atoms with E-state index < -0.39 is 0 Å². The second-order valence-corrected chi connectivity index (χ2v) is 9.14. The third-order valence-electron chi connectivity index (χ3n) is 5.43. The summed E-state index contributed by atoms with van der Waals surface area (Å²) >= 11 is 7.92. The summed E-state index contributed by atoms with van der Waals surface area (Å²) in [6.45, 7) is 2.06. The maximum absolute atomic E-state index is 12.8. The second-order valence-electron chi connectivity index (χ2n) is 7.64. The number of piperidine rings is 1. The van der Waals surface area contributed by atoms with Crippen molar-refractivity contribution in [1.82, 2.24) is 24.6 Å². The molecule has 4 aromatic rings. The van der Waals surface area contributed by atoms with Crippen LogP contribution in [-0.2, 0) is 4.79 Å². The molecule has 9 heteroatoms. The Labute approximate surface area is 188 Å². The molecule has 7 nitrogen and oxygen atoms in total. The molecule has 1 aliphatic heterocycles. The fourth-order valence-corrected chi connectivity index (χ4v) is 5.26. The Kier molecular flexibility index (Phi) is 5.67. The standard InChI is InChI=1S/C22H21ClN6OS/c23-16-7-8-19(29-14-24-13-25-29)18(10-16)26-21(30)12-28-9-3-4-15(11-28)22-27-17-5-1-2-6-20(17)31-22/h1-2,5-8,10,13-15H,3-4,9,11-12H2,(H,26,30). The monoisotopic (exact) mass is 452 g/mol. The predicted octanol–water partition coefficient (Wildman–Crippen LogP) is 4.35. The first-order valence-corrected chi connectivity index (χ1v) is 11.4. The van der Waals surface area contributed by atoms with Crippen molar-refractivity contribution in [3.8, 4) is 5.69 Å². The lowest BCUT2D eigenvalue weighted by molar-refractivity contribution is -0.117. The van der Waals surface area contributed by atoms with Crippen LogP contribution in [0.5, 0.6) is 0 Å². The van der Waals surface area contributed by atoms with Gasteiger partial charge in [-0.2, -0.15) is 5.10 Å². The van der Waals surface area contributed by atoms with E-state index in [1.54, 1.807) is 34.5 Å². The number of carbonyl (C=O) groups excluding carboxylic acids is 1. The molecular formula is C22H21ClN6OS. The largest absolute Gasteiger partial charge is 0.323 e. The maximum Gasteiger partial charge on any atom is 0.238 e. The second kappa shape index (κ2) is 8.74. The number of hydrogen-bond acceptors (Lipinski definition) is 6. The van der Waals surface area contributed by atoms with Gasteiger partial charge in [0.05, 0.1) is 33.1 Å². The van der Waals surface area contributed by atoms with Crippen molar-refractivity contribution in [1.29, 1.82) is 0 Å². The molecule has 1 N–H and O–H groups in total. The van der Waals surface area contributed by atoms with Crippen LogP contribution in [0.4, 0.5) is 5.69 Å². The van der Waals surface area contributed by atoms with E-state index in [1.165, 1.54) is 11.0 Å². The molecule has 0 bridgehead atoms. The predicted molar refractivity (Wildman–Crippen MR) is 123 cm³/mol. The number of likely N-dealkylation sites (tertiary alicyclic amines) is 1. The molecule has 2 aromatic heterocycles. The summed E-state index contributed by atoms with van der Waals surface area (Å²) in [5.41, 5.74) is 2.39. The number of rotatable bonds is 5. The fourth-order valence-electron chi connectivity index (χ4n) is 4.00. The first kappa shape index (κ1) is 20.1. The highest BCUT2D eigenvalue weighted by atomic mass is 35.5. The molecule has 1 amide bonds. The Morgan fingerprint density at radius 2 is 2.16 bits per heavy atom. The van der Waals surface area contributed by atoms with Crippen molar-refractivity contribution in [2.24, 2.45) is 0 Å². The van der Waals surface area contributed by atoms with E-state index in [9.17, 15) is 4.79 Å². The molecule has 0 aliphatic carbocycles. The highest BCUT2D eigenvalue weighted by molar-refractivity contribution is 7.18. The van der Waals surface area contributed by atoms with Crippen molar-refractivity contribution in [2.75, 3.05) is 25.0 Å². The van der Waals surface area contributed by atoms with Gasteiger partial charge in [-0.3, -0.25) is 9.69 Å². The number of nitrogens with one attached hydrogen (secondary N) is 1. The lowest BCUT2D eigenvalue weighted by atomic mass is 9.99. The van der Waals surface area contributed by atoms with Crippen LogP contribution in [0, 0.1) is 0 Å². The van der Waals surface area contributed by atoms with Crippen LogP contribution in [0.15, 0.2) is 55.1 Å². The third-order valence-corrected chi connectivity index (χ3v) is 6.86. The van der Waals surface area contributed by atoms with Crippen molar-refractivity contribution >= 4 is 44.7 Å². The first-order chi connectivity index (χ1) is 15.2. The molecular weight excluding hydrogens is 432 g/mol. The van der Waals surface area contributed by atoms with Gasteiger partial charge in [0, 0.05) is 17.5 Å². The SMILES string of the molecule is O=C(CN1CCCC(c2nc3ccccc3s2)C1)Nc1cc(Cl)ccc1-n1cncn1. The van der Waals surface area contributed by atoms with Gasteiger partial charge in [-0.25, -0.2) is 14.6 Å². The number of nitrogens with zero attached hydrogens (tertiary/aromatic N) is 5. The molecule has 31 heavy (non-hydrogen) atoms. The van der Waals surface area contributed by atoms with Crippen molar-refractivity contribution < 1.29 is 4.79 Å². The molecule has 2 aromatic carbocycles. The zero-order valence-corrected chi connectivity index (χ0v) is 18.3. The van der Waals surface area contributed by atoms with E-state index in [1.807, 2.05) is 18.2 Å². The summed E-state index contributed by atoms with van der Waals surface area (Å²) < 4.78 is 2.82. The summed E-state index contributed by atoms with van der Waals surface area (Å²) in [6, 6.07) is 13.6. The Morgan fingerprint density at radius 3 is 3.00 bits per heavy atom. The normalized spacial score (nSPS) is 17.1. The summed E-state index contributed by atoms with van der Waals surface area (Å²) in [5.74, 6) is 0.282. The van der Waals surface area contributed by atoms with Crippen LogP contribution in [-0.4, -0.2) is 50.2 Å². The molecule has 0 radical (unpaired) electrons. The number of fused-ring (bicyclic) bond motifs is 1. The minimum absolute atomic E-state index is 0.0754. The highest BCUT2D eigenvalue weighted by Gasteiger charge is 2.25. The van der Waals surface area contributed by atoms with E-state index in [4.69, 9.17) is 16.6 Å². The zero-order chi connectivity index (χ0) is 21.2. The van der Waals surface area contributed by atoms with Crippen molar-refractivity contribution in [3.05, 3.63) is 65.1 Å². The van der Waals surface area contributed by atoms with E-state index in [0.717, 1.165) is 42.1 Å². The smallest absolute Gasteiger partial charge is 0.238 e. The van der Waals surface area contributed by atoms with E-state index >= 15 is 0 Å². The minimum atomic E-state index is -0.0754. The van der Waals surface area contributed by atoms with Gasteiger partial charge < -0.3 is 5.32 Å². The lowest BCUT2D eigenvalue weighted by Gasteiger charge is -2.31. The van der Waals surface area contributed by atoms with Gasteiger partial charge in [-0.05, 0) is 49.7 Å². The van der Waals surface area contributed by atoms with Crippen LogP contribution in [0.1, 0.15) is 23.8 Å². The number of amides is 1. The Bertz CT molecular complexity index is 1170. The van der Waals surface area contributed by atoms with Crippen molar-refractivity contribution in [2.45, 2.75) is 18.8 Å². The summed E-state index contributed by atoms with van der Waals surface area (Å²) in [7, 11) is 0. The summed E-state index contributed by atoms with van der Waals surface area (Å²) in [4.78, 5) is 23.9. The van der Waals surface area contributed by atoms with Crippen LogP contribution < -0.4 is 5.32 Å². The van der Waals surface area contributed by atoms with Gasteiger partial charge in [0.25, 0.3) is 0 Å². The third kappa shape index (κ3) is 4.46. The average Bonchev–Trinajstić information content (AvgIpc) is 3.44. The zero-order valence-electron chi connectivity index (χ0n) is 16.7. The van der Waals surface area contributed by atoms with Gasteiger partial charge in [0.15, 0.2) is 0 Å².